The van der Waals surface area contributed by atoms with Crippen LogP contribution < -0.4 is 14.9 Å². The number of carbonyl (C=O) groups excluding carboxylic acids is 1. The van der Waals surface area contributed by atoms with Gasteiger partial charge in [0.1, 0.15) is 23.9 Å². The number of hydrazone groups is 1. The van der Waals surface area contributed by atoms with E-state index >= 15 is 0 Å². The number of carboxylic acids is 1. The Morgan fingerprint density at radius 3 is 2.44 bits per heavy atom. The van der Waals surface area contributed by atoms with Crippen LogP contribution in [-0.4, -0.2) is 33.9 Å². The minimum atomic E-state index is -1.09. The van der Waals surface area contributed by atoms with Gasteiger partial charge in [0.25, 0.3) is 0 Å². The fourth-order valence-corrected chi connectivity index (χ4v) is 4.46. The number of hydrogen-bond acceptors (Lipinski definition) is 6. The summed E-state index contributed by atoms with van der Waals surface area (Å²) in [5, 5.41) is 15.0. The zero-order chi connectivity index (χ0) is 28.9. The van der Waals surface area contributed by atoms with E-state index in [4.69, 9.17) is 13.9 Å². The summed E-state index contributed by atoms with van der Waals surface area (Å²) in [5.41, 5.74) is 6.35. The quantitative estimate of drug-likeness (QED) is 0.162. The second kappa shape index (κ2) is 11.8. The second-order valence-electron chi connectivity index (χ2n) is 9.50. The van der Waals surface area contributed by atoms with Gasteiger partial charge in [-0.3, -0.25) is 4.79 Å². The van der Waals surface area contributed by atoms with Crippen LogP contribution in [-0.2, 0) is 11.4 Å². The maximum atomic E-state index is 12.7. The lowest BCUT2D eigenvalue weighted by atomic mass is 10.0. The predicted molar refractivity (Wildman–Crippen MR) is 155 cm³/mol. The third-order valence-electron chi connectivity index (χ3n) is 6.57. The Morgan fingerprint density at radius 2 is 1.71 bits per heavy atom. The standard InChI is InChI=1S/C32H29N3O6/c1-20-8-9-21(2)35(20)24-11-13-25(14-12-24)39-19-26-15-17-30(41-26)31(36)34-33-18-28-27-7-5-4-6-23(27)10-16-29(28)40-22(3)32(37)38/h4-18,22H,19H2,1-3H3,(H,34,36)(H,37,38)/b33-18+/t22-/m1/s1. The maximum Gasteiger partial charge on any atom is 0.344 e. The molecule has 0 aliphatic rings. The molecule has 9 heteroatoms. The lowest BCUT2D eigenvalue weighted by Crippen LogP contribution is -2.23. The van der Waals surface area contributed by atoms with E-state index in [0.29, 0.717) is 22.8 Å². The number of ether oxygens (including phenoxy) is 2. The summed E-state index contributed by atoms with van der Waals surface area (Å²) >= 11 is 0. The van der Waals surface area contributed by atoms with Crippen molar-refractivity contribution in [2.75, 3.05) is 0 Å². The molecule has 5 aromatic rings. The third kappa shape index (κ3) is 6.14. The molecule has 41 heavy (non-hydrogen) atoms. The van der Waals surface area contributed by atoms with Crippen molar-refractivity contribution in [3.8, 4) is 17.2 Å². The highest BCUT2D eigenvalue weighted by Crippen LogP contribution is 2.28. The normalized spacial score (nSPS) is 12.0. The fraction of sp³-hybridized carbons (Fsp3) is 0.156. The molecule has 0 saturated heterocycles. The molecular formula is C32H29N3O6. The van der Waals surface area contributed by atoms with Crippen LogP contribution in [0.3, 0.4) is 0 Å². The summed E-state index contributed by atoms with van der Waals surface area (Å²) in [6.45, 7) is 5.71. The van der Waals surface area contributed by atoms with Gasteiger partial charge < -0.3 is 23.6 Å². The molecule has 5 rings (SSSR count). The summed E-state index contributed by atoms with van der Waals surface area (Å²) < 4.78 is 19.3. The summed E-state index contributed by atoms with van der Waals surface area (Å²) in [6.07, 6.45) is 0.365. The number of fused-ring (bicyclic) bond motifs is 1. The van der Waals surface area contributed by atoms with Crippen molar-refractivity contribution in [1.82, 2.24) is 9.99 Å². The highest BCUT2D eigenvalue weighted by molar-refractivity contribution is 6.03. The van der Waals surface area contributed by atoms with Crippen LogP contribution in [0.4, 0.5) is 0 Å². The van der Waals surface area contributed by atoms with Gasteiger partial charge in [-0.05, 0) is 86.1 Å². The molecule has 1 atom stereocenters. The van der Waals surface area contributed by atoms with Gasteiger partial charge in [-0.1, -0.05) is 30.3 Å². The number of hydrogen-bond donors (Lipinski definition) is 2. The fourth-order valence-electron chi connectivity index (χ4n) is 4.46. The third-order valence-corrected chi connectivity index (χ3v) is 6.57. The lowest BCUT2D eigenvalue weighted by molar-refractivity contribution is -0.144. The molecule has 0 aliphatic heterocycles. The summed E-state index contributed by atoms with van der Waals surface area (Å²) in [6, 6.07) is 26.2. The molecule has 3 aromatic carbocycles. The van der Waals surface area contributed by atoms with Crippen LogP contribution in [0, 0.1) is 13.8 Å². The molecule has 1 amide bonds. The molecule has 0 saturated carbocycles. The van der Waals surface area contributed by atoms with E-state index in [0.717, 1.165) is 27.8 Å². The van der Waals surface area contributed by atoms with Crippen molar-refractivity contribution in [1.29, 1.82) is 0 Å². The Hall–Kier alpha value is -5.31. The van der Waals surface area contributed by atoms with Crippen LogP contribution >= 0.6 is 0 Å². The van der Waals surface area contributed by atoms with E-state index < -0.39 is 18.0 Å². The van der Waals surface area contributed by atoms with Crippen molar-refractivity contribution in [3.05, 3.63) is 113 Å². The molecule has 2 N–H and O–H groups in total. The number of benzene rings is 3. The number of furan rings is 1. The first kappa shape index (κ1) is 27.3. The Labute approximate surface area is 236 Å². The maximum absolute atomic E-state index is 12.7. The van der Waals surface area contributed by atoms with Gasteiger partial charge in [0, 0.05) is 22.6 Å². The van der Waals surface area contributed by atoms with Crippen molar-refractivity contribution in [2.24, 2.45) is 5.10 Å². The zero-order valence-corrected chi connectivity index (χ0v) is 22.8. The first-order valence-electron chi connectivity index (χ1n) is 13.0. The number of amides is 1. The number of rotatable bonds is 10. The molecule has 0 unspecified atom stereocenters. The Morgan fingerprint density at radius 1 is 0.976 bits per heavy atom. The van der Waals surface area contributed by atoms with E-state index in [1.165, 1.54) is 13.1 Å². The van der Waals surface area contributed by atoms with Gasteiger partial charge in [0.15, 0.2) is 11.9 Å². The van der Waals surface area contributed by atoms with E-state index in [1.54, 1.807) is 18.2 Å². The second-order valence-corrected chi connectivity index (χ2v) is 9.50. The van der Waals surface area contributed by atoms with Gasteiger partial charge in [0.05, 0.1) is 6.21 Å². The van der Waals surface area contributed by atoms with Crippen molar-refractivity contribution in [2.45, 2.75) is 33.5 Å². The summed E-state index contributed by atoms with van der Waals surface area (Å²) in [7, 11) is 0. The molecule has 9 nitrogen and oxygen atoms in total. The Balaban J connectivity index is 1.22. The number of aryl methyl sites for hydroxylation is 2. The zero-order valence-electron chi connectivity index (χ0n) is 22.8. The molecule has 0 radical (unpaired) electrons. The van der Waals surface area contributed by atoms with Crippen LogP contribution in [0.25, 0.3) is 16.5 Å². The smallest absolute Gasteiger partial charge is 0.344 e. The average molecular weight is 552 g/mol. The molecule has 0 aliphatic carbocycles. The number of nitrogens with zero attached hydrogens (tertiary/aromatic N) is 2. The van der Waals surface area contributed by atoms with Crippen molar-refractivity contribution >= 4 is 28.9 Å². The van der Waals surface area contributed by atoms with Gasteiger partial charge in [-0.25, -0.2) is 10.2 Å². The predicted octanol–water partition coefficient (Wildman–Crippen LogP) is 6.04. The lowest BCUT2D eigenvalue weighted by Gasteiger charge is -2.14. The van der Waals surface area contributed by atoms with E-state index in [2.05, 4.69) is 41.1 Å². The topological polar surface area (TPSA) is 115 Å². The number of aliphatic carboxylic acids is 1. The Bertz CT molecular complexity index is 1710. The van der Waals surface area contributed by atoms with Crippen molar-refractivity contribution in [3.63, 3.8) is 0 Å². The highest BCUT2D eigenvalue weighted by Gasteiger charge is 2.16. The van der Waals surface area contributed by atoms with Gasteiger partial charge in [-0.2, -0.15) is 5.10 Å². The first-order chi connectivity index (χ1) is 19.8. The average Bonchev–Trinajstić information content (AvgIpc) is 3.59. The van der Waals surface area contributed by atoms with E-state index in [1.807, 2.05) is 54.6 Å². The molecule has 208 valence electrons. The first-order valence-corrected chi connectivity index (χ1v) is 13.0. The molecule has 2 aromatic heterocycles. The van der Waals surface area contributed by atoms with Crippen molar-refractivity contribution < 1.29 is 28.6 Å². The minimum absolute atomic E-state index is 0.0727. The highest BCUT2D eigenvalue weighted by atomic mass is 16.5. The van der Waals surface area contributed by atoms with Gasteiger partial charge in [-0.15, -0.1) is 0 Å². The number of carboxylic acid groups (broad SMARTS) is 1. The number of nitrogens with one attached hydrogen (secondary N) is 1. The molecular weight excluding hydrogens is 522 g/mol. The molecule has 0 fully saturated rings. The monoisotopic (exact) mass is 551 g/mol. The summed E-state index contributed by atoms with van der Waals surface area (Å²) in [4.78, 5) is 24.0. The van der Waals surface area contributed by atoms with Crippen LogP contribution in [0.2, 0.25) is 0 Å². The molecule has 0 spiro atoms. The van der Waals surface area contributed by atoms with Crippen LogP contribution in [0.5, 0.6) is 11.5 Å². The number of aromatic nitrogens is 1. The Kier molecular flexibility index (Phi) is 7.87. The van der Waals surface area contributed by atoms with Crippen LogP contribution in [0.1, 0.15) is 40.2 Å². The van der Waals surface area contributed by atoms with E-state index in [9.17, 15) is 14.7 Å². The SMILES string of the molecule is Cc1ccc(C)n1-c1ccc(OCc2ccc(C(=O)N/N=C/c3c(O[C@H](C)C(=O)O)ccc4ccccc34)o2)cc1. The summed E-state index contributed by atoms with van der Waals surface area (Å²) in [5.74, 6) is -0.0764. The minimum Gasteiger partial charge on any atom is -0.486 e. The van der Waals surface area contributed by atoms with Gasteiger partial charge >= 0.3 is 11.9 Å². The molecule has 2 heterocycles. The van der Waals surface area contributed by atoms with E-state index in [-0.39, 0.29) is 12.4 Å². The van der Waals surface area contributed by atoms with Gasteiger partial charge in [0.2, 0.25) is 0 Å². The van der Waals surface area contributed by atoms with Crippen LogP contribution in [0.15, 0.2) is 94.4 Å². The largest absolute Gasteiger partial charge is 0.486 e. The molecule has 0 bridgehead atoms. The number of carbonyl (C=O) groups is 2.